The molecular formula is C19H18N2O3. The zero-order valence-electron chi connectivity index (χ0n) is 13.6. The van der Waals surface area contributed by atoms with E-state index in [9.17, 15) is 4.79 Å². The van der Waals surface area contributed by atoms with E-state index in [4.69, 9.17) is 9.47 Å². The van der Waals surface area contributed by atoms with Gasteiger partial charge in [-0.05, 0) is 30.3 Å². The standard InChI is InChI=1S/C19H18N2O3/c1-13-17(11-14-9-10-16(23-2)12-18(14)24-3)19(22)21(20-13)15-7-5-4-6-8-15/h4-12,20H,1H2,2-3H3/b17-11+. The van der Waals surface area contributed by atoms with Crippen LogP contribution in [0, 0.1) is 0 Å². The van der Waals surface area contributed by atoms with Crippen LogP contribution < -0.4 is 25.6 Å². The van der Waals surface area contributed by atoms with Gasteiger partial charge in [-0.15, -0.1) is 0 Å². The van der Waals surface area contributed by atoms with Gasteiger partial charge in [0.05, 0.1) is 30.5 Å². The summed E-state index contributed by atoms with van der Waals surface area (Å²) in [6.45, 7) is 3.94. The van der Waals surface area contributed by atoms with E-state index in [2.05, 4.69) is 11.7 Å². The minimum absolute atomic E-state index is 0.163. The summed E-state index contributed by atoms with van der Waals surface area (Å²) in [6.07, 6.45) is 1.76. The van der Waals surface area contributed by atoms with Crippen LogP contribution in [0.25, 0.3) is 18.3 Å². The maximum atomic E-state index is 12.7. The van der Waals surface area contributed by atoms with Gasteiger partial charge >= 0.3 is 0 Å². The summed E-state index contributed by atoms with van der Waals surface area (Å²) >= 11 is 0. The summed E-state index contributed by atoms with van der Waals surface area (Å²) in [4.78, 5) is 12.7. The average Bonchev–Trinajstić information content (AvgIpc) is 2.91. The number of para-hydroxylation sites is 1. The van der Waals surface area contributed by atoms with E-state index in [-0.39, 0.29) is 5.56 Å². The Bertz CT molecular complexity index is 1020. The lowest BCUT2D eigenvalue weighted by atomic mass is 10.1. The fraction of sp³-hybridized carbons (Fsp3) is 0.105. The summed E-state index contributed by atoms with van der Waals surface area (Å²) in [7, 11) is 3.17. The number of nitrogens with zero attached hydrogens (tertiary/aromatic N) is 1. The molecule has 0 aliphatic heterocycles. The van der Waals surface area contributed by atoms with Crippen LogP contribution in [0.5, 0.6) is 11.5 Å². The van der Waals surface area contributed by atoms with Crippen molar-refractivity contribution in [2.75, 3.05) is 14.2 Å². The molecule has 0 radical (unpaired) electrons. The number of H-pyrrole nitrogens is 1. The number of ether oxygens (including phenoxy) is 2. The highest BCUT2D eigenvalue weighted by molar-refractivity contribution is 5.59. The van der Waals surface area contributed by atoms with Crippen molar-refractivity contribution in [2.45, 2.75) is 0 Å². The van der Waals surface area contributed by atoms with Crippen molar-refractivity contribution in [3.8, 4) is 17.2 Å². The minimum atomic E-state index is -0.163. The normalized spacial score (nSPS) is 11.5. The Morgan fingerprint density at radius 1 is 1.08 bits per heavy atom. The zero-order valence-corrected chi connectivity index (χ0v) is 13.6. The Morgan fingerprint density at radius 2 is 1.83 bits per heavy atom. The molecule has 24 heavy (non-hydrogen) atoms. The van der Waals surface area contributed by atoms with Gasteiger partial charge in [-0.25, -0.2) is 4.68 Å². The predicted molar refractivity (Wildman–Crippen MR) is 94.3 cm³/mol. The van der Waals surface area contributed by atoms with E-state index >= 15 is 0 Å². The van der Waals surface area contributed by atoms with Crippen LogP contribution in [0.2, 0.25) is 0 Å². The molecule has 0 atom stereocenters. The molecule has 3 rings (SSSR count). The highest BCUT2D eigenvalue weighted by Gasteiger charge is 2.07. The fourth-order valence-electron chi connectivity index (χ4n) is 2.50. The second kappa shape index (κ2) is 6.50. The Hall–Kier alpha value is -3.21. The molecule has 122 valence electrons. The molecule has 0 aliphatic rings. The lowest BCUT2D eigenvalue weighted by Crippen LogP contribution is -2.34. The van der Waals surface area contributed by atoms with Crippen LogP contribution in [0.15, 0.2) is 53.3 Å². The third kappa shape index (κ3) is 2.84. The Balaban J connectivity index is 2.18. The predicted octanol–water partition coefficient (Wildman–Crippen LogP) is 1.42. The third-order valence-electron chi connectivity index (χ3n) is 3.76. The summed E-state index contributed by atoms with van der Waals surface area (Å²) in [5.74, 6) is 1.32. The summed E-state index contributed by atoms with van der Waals surface area (Å²) in [6, 6.07) is 14.8. The van der Waals surface area contributed by atoms with E-state index < -0.39 is 0 Å². The van der Waals surface area contributed by atoms with E-state index in [1.54, 1.807) is 26.4 Å². The SMILES string of the molecule is C=c1[nH]n(-c2ccccc2)c(=O)/c1=C/c1ccc(OC)cc1OC. The van der Waals surface area contributed by atoms with Gasteiger partial charge in [0.25, 0.3) is 5.56 Å². The summed E-state index contributed by atoms with van der Waals surface area (Å²) in [5.41, 5.74) is 1.37. The number of hydrogen-bond acceptors (Lipinski definition) is 3. The van der Waals surface area contributed by atoms with Crippen molar-refractivity contribution in [1.82, 2.24) is 9.78 Å². The number of rotatable bonds is 4. The molecule has 0 saturated heterocycles. The number of benzene rings is 2. The zero-order chi connectivity index (χ0) is 17.1. The van der Waals surface area contributed by atoms with Gasteiger partial charge in [0.2, 0.25) is 0 Å². The molecule has 0 saturated carbocycles. The van der Waals surface area contributed by atoms with Gasteiger partial charge in [-0.2, -0.15) is 0 Å². The fourth-order valence-corrected chi connectivity index (χ4v) is 2.50. The third-order valence-corrected chi connectivity index (χ3v) is 3.76. The Kier molecular flexibility index (Phi) is 4.24. The number of methoxy groups -OCH3 is 2. The second-order valence-electron chi connectivity index (χ2n) is 5.23. The maximum Gasteiger partial charge on any atom is 0.279 e. The Labute approximate surface area is 139 Å². The highest BCUT2D eigenvalue weighted by Crippen LogP contribution is 2.24. The van der Waals surface area contributed by atoms with Crippen molar-refractivity contribution in [3.63, 3.8) is 0 Å². The number of nitrogens with one attached hydrogen (secondary N) is 1. The molecule has 0 unspecified atom stereocenters. The first-order chi connectivity index (χ1) is 11.6. The summed E-state index contributed by atoms with van der Waals surface area (Å²) < 4.78 is 12.0. The molecule has 3 aromatic rings. The van der Waals surface area contributed by atoms with Crippen LogP contribution in [-0.4, -0.2) is 24.0 Å². The van der Waals surface area contributed by atoms with Crippen molar-refractivity contribution in [3.05, 3.63) is 75.0 Å². The lowest BCUT2D eigenvalue weighted by Gasteiger charge is -2.06. The monoisotopic (exact) mass is 322 g/mol. The lowest BCUT2D eigenvalue weighted by molar-refractivity contribution is 0.393. The van der Waals surface area contributed by atoms with Gasteiger partial charge in [-0.3, -0.25) is 9.89 Å². The quantitative estimate of drug-likeness (QED) is 0.790. The van der Waals surface area contributed by atoms with E-state index in [0.717, 1.165) is 11.3 Å². The minimum Gasteiger partial charge on any atom is -0.497 e. The van der Waals surface area contributed by atoms with Gasteiger partial charge in [0.15, 0.2) is 0 Å². The molecule has 2 aromatic carbocycles. The first kappa shape index (κ1) is 15.7. The van der Waals surface area contributed by atoms with Crippen molar-refractivity contribution in [2.24, 2.45) is 0 Å². The molecule has 0 aliphatic carbocycles. The number of hydrogen-bond donors (Lipinski definition) is 1. The molecular weight excluding hydrogens is 304 g/mol. The van der Waals surface area contributed by atoms with E-state index in [1.165, 1.54) is 4.68 Å². The molecule has 1 aromatic heterocycles. The van der Waals surface area contributed by atoms with Crippen molar-refractivity contribution in [1.29, 1.82) is 0 Å². The molecule has 5 heteroatoms. The van der Waals surface area contributed by atoms with Crippen molar-refractivity contribution >= 4 is 12.7 Å². The molecule has 0 bridgehead atoms. The van der Waals surface area contributed by atoms with Crippen molar-refractivity contribution < 1.29 is 9.47 Å². The average molecular weight is 322 g/mol. The van der Waals surface area contributed by atoms with Gasteiger partial charge in [0, 0.05) is 11.6 Å². The second-order valence-corrected chi connectivity index (χ2v) is 5.23. The van der Waals surface area contributed by atoms with Crippen LogP contribution in [-0.2, 0) is 0 Å². The van der Waals surface area contributed by atoms with Gasteiger partial charge < -0.3 is 9.47 Å². The molecule has 0 spiro atoms. The molecule has 0 amide bonds. The van der Waals surface area contributed by atoms with Crippen LogP contribution in [0.3, 0.4) is 0 Å². The van der Waals surface area contributed by atoms with Crippen LogP contribution >= 0.6 is 0 Å². The van der Waals surface area contributed by atoms with E-state index in [0.29, 0.717) is 22.1 Å². The molecule has 0 fully saturated rings. The van der Waals surface area contributed by atoms with Gasteiger partial charge in [-0.1, -0.05) is 24.8 Å². The van der Waals surface area contributed by atoms with E-state index in [1.807, 2.05) is 42.5 Å². The first-order valence-corrected chi connectivity index (χ1v) is 7.43. The smallest absolute Gasteiger partial charge is 0.279 e. The summed E-state index contributed by atoms with van der Waals surface area (Å²) in [5, 5.41) is 4.04. The highest BCUT2D eigenvalue weighted by atomic mass is 16.5. The number of aromatic amines is 1. The maximum absolute atomic E-state index is 12.7. The molecule has 1 heterocycles. The topological polar surface area (TPSA) is 56.2 Å². The molecule has 5 nitrogen and oxygen atoms in total. The number of aromatic nitrogens is 2. The van der Waals surface area contributed by atoms with Crippen LogP contribution in [0.4, 0.5) is 0 Å². The van der Waals surface area contributed by atoms with Crippen LogP contribution in [0.1, 0.15) is 5.56 Å². The first-order valence-electron chi connectivity index (χ1n) is 7.43. The largest absolute Gasteiger partial charge is 0.497 e. The Morgan fingerprint density at radius 3 is 2.50 bits per heavy atom. The molecule has 1 N–H and O–H groups in total. The van der Waals surface area contributed by atoms with Gasteiger partial charge in [0.1, 0.15) is 11.5 Å².